The largest absolute Gasteiger partial charge is 0.336 e. The van der Waals surface area contributed by atoms with Gasteiger partial charge in [0.05, 0.1) is 28.0 Å². The van der Waals surface area contributed by atoms with Crippen LogP contribution in [0.15, 0.2) is 40.9 Å². The van der Waals surface area contributed by atoms with E-state index in [0.717, 1.165) is 36.9 Å². The number of carbonyl (C=O) groups excluding carboxylic acids is 1. The predicted octanol–water partition coefficient (Wildman–Crippen LogP) is 1.64. The molecular formula is C20H22N8O2S. The second kappa shape index (κ2) is 7.67. The summed E-state index contributed by atoms with van der Waals surface area (Å²) in [5.74, 6) is 0.365. The minimum Gasteiger partial charge on any atom is -0.336 e. The van der Waals surface area contributed by atoms with Crippen molar-refractivity contribution in [2.45, 2.75) is 0 Å². The van der Waals surface area contributed by atoms with Crippen LogP contribution in [-0.2, 0) is 7.05 Å². The minimum absolute atomic E-state index is 0.0304. The molecule has 0 aliphatic carbocycles. The molecule has 4 aromatic heterocycles. The van der Waals surface area contributed by atoms with Crippen LogP contribution in [0.2, 0.25) is 0 Å². The lowest BCUT2D eigenvalue weighted by Gasteiger charge is -2.32. The molecule has 11 heteroatoms. The maximum Gasteiger partial charge on any atom is 0.277 e. The van der Waals surface area contributed by atoms with Crippen LogP contribution < -0.4 is 10.9 Å². The molecule has 1 aliphatic heterocycles. The van der Waals surface area contributed by atoms with Gasteiger partial charge in [-0.15, -0.1) is 11.3 Å². The van der Waals surface area contributed by atoms with E-state index in [4.69, 9.17) is 0 Å². The van der Waals surface area contributed by atoms with Gasteiger partial charge < -0.3 is 19.7 Å². The number of likely N-dealkylation sites (N-methyl/N-ethyl adjacent to an activating group) is 1. The SMILES string of the molecule is CN1CCN(C(=O)c2csc(Nc3nc4ccn(-c5cnn(C)c5)c4c(=O)[nH]3)c2)CC1. The number of carbonyl (C=O) groups is 1. The number of aryl methyl sites for hydroxylation is 1. The second-order valence-corrected chi connectivity index (χ2v) is 8.54. The van der Waals surface area contributed by atoms with Crippen molar-refractivity contribution >= 4 is 39.2 Å². The molecule has 1 aliphatic rings. The maximum absolute atomic E-state index is 12.8. The summed E-state index contributed by atoms with van der Waals surface area (Å²) in [7, 11) is 3.88. The number of fused-ring (bicyclic) bond motifs is 1. The van der Waals surface area contributed by atoms with Gasteiger partial charge in [-0.05, 0) is 19.2 Å². The topological polar surface area (TPSA) is 104 Å². The van der Waals surface area contributed by atoms with Gasteiger partial charge in [-0.25, -0.2) is 4.98 Å². The van der Waals surface area contributed by atoms with Crippen LogP contribution in [-0.4, -0.2) is 73.2 Å². The average molecular weight is 439 g/mol. The number of hydrogen-bond donors (Lipinski definition) is 2. The normalized spacial score (nSPS) is 15.0. The number of aromatic nitrogens is 5. The molecule has 5 heterocycles. The van der Waals surface area contributed by atoms with Gasteiger partial charge in [0.15, 0.2) is 0 Å². The van der Waals surface area contributed by atoms with Crippen LogP contribution >= 0.6 is 11.3 Å². The lowest BCUT2D eigenvalue weighted by molar-refractivity contribution is 0.0664. The van der Waals surface area contributed by atoms with Crippen LogP contribution in [0.4, 0.5) is 10.9 Å². The van der Waals surface area contributed by atoms with E-state index in [1.165, 1.54) is 11.3 Å². The van der Waals surface area contributed by atoms with Gasteiger partial charge in [0.25, 0.3) is 11.5 Å². The first-order chi connectivity index (χ1) is 15.0. The van der Waals surface area contributed by atoms with Crippen LogP contribution in [0, 0.1) is 0 Å². The summed E-state index contributed by atoms with van der Waals surface area (Å²) in [6, 6.07) is 3.59. The van der Waals surface area contributed by atoms with Crippen molar-refractivity contribution in [1.82, 2.24) is 34.1 Å². The van der Waals surface area contributed by atoms with E-state index < -0.39 is 0 Å². The molecule has 0 unspecified atom stereocenters. The third kappa shape index (κ3) is 3.73. The Morgan fingerprint density at radius 3 is 2.77 bits per heavy atom. The van der Waals surface area contributed by atoms with Gasteiger partial charge in [0.2, 0.25) is 5.95 Å². The molecule has 1 amide bonds. The molecule has 4 aromatic rings. The van der Waals surface area contributed by atoms with Gasteiger partial charge in [-0.3, -0.25) is 19.3 Å². The highest BCUT2D eigenvalue weighted by Crippen LogP contribution is 2.25. The fourth-order valence-corrected chi connectivity index (χ4v) is 4.46. The van der Waals surface area contributed by atoms with Gasteiger partial charge in [-0.1, -0.05) is 0 Å². The zero-order valence-corrected chi connectivity index (χ0v) is 18.0. The minimum atomic E-state index is -0.258. The number of rotatable bonds is 4. The van der Waals surface area contributed by atoms with Crippen LogP contribution in [0.3, 0.4) is 0 Å². The van der Waals surface area contributed by atoms with E-state index in [2.05, 4.69) is 32.3 Å². The number of nitrogens with zero attached hydrogens (tertiary/aromatic N) is 6. The molecule has 5 rings (SSSR count). The van der Waals surface area contributed by atoms with Crippen molar-refractivity contribution in [3.63, 3.8) is 0 Å². The molecule has 0 spiro atoms. The van der Waals surface area contributed by atoms with Crippen molar-refractivity contribution in [3.8, 4) is 5.69 Å². The van der Waals surface area contributed by atoms with Crippen LogP contribution in [0.1, 0.15) is 10.4 Å². The number of thiophene rings is 1. The monoisotopic (exact) mass is 438 g/mol. The molecular weight excluding hydrogens is 416 g/mol. The van der Waals surface area contributed by atoms with Crippen molar-refractivity contribution in [1.29, 1.82) is 0 Å². The molecule has 0 saturated carbocycles. The molecule has 0 aromatic carbocycles. The third-order valence-electron chi connectivity index (χ3n) is 5.39. The number of nitrogens with one attached hydrogen (secondary N) is 2. The second-order valence-electron chi connectivity index (χ2n) is 7.63. The zero-order chi connectivity index (χ0) is 21.5. The number of aromatic amines is 1. The fourth-order valence-electron chi connectivity index (χ4n) is 3.68. The number of anilines is 2. The zero-order valence-electron chi connectivity index (χ0n) is 17.2. The summed E-state index contributed by atoms with van der Waals surface area (Å²) in [6.07, 6.45) is 5.32. The van der Waals surface area contributed by atoms with Crippen molar-refractivity contribution in [2.24, 2.45) is 7.05 Å². The van der Waals surface area contributed by atoms with Crippen LogP contribution in [0.5, 0.6) is 0 Å². The Bertz CT molecular complexity index is 1310. The highest BCUT2D eigenvalue weighted by molar-refractivity contribution is 7.14. The van der Waals surface area contributed by atoms with Gasteiger partial charge >= 0.3 is 0 Å². The van der Waals surface area contributed by atoms with E-state index in [-0.39, 0.29) is 11.5 Å². The molecule has 1 fully saturated rings. The quantitative estimate of drug-likeness (QED) is 0.502. The van der Waals surface area contributed by atoms with Crippen molar-refractivity contribution < 1.29 is 4.79 Å². The molecule has 0 bridgehead atoms. The standard InChI is InChI=1S/C20H22N8O2S/c1-25-5-7-27(8-6-25)19(30)13-9-16(31-12-13)23-20-22-15-3-4-28(17(15)18(29)24-20)14-10-21-26(2)11-14/h3-4,9-12H,5-8H2,1-2H3,(H2,22,23,24,29). The highest BCUT2D eigenvalue weighted by atomic mass is 32.1. The van der Waals surface area contributed by atoms with Gasteiger partial charge in [0, 0.05) is 51.0 Å². The first-order valence-electron chi connectivity index (χ1n) is 9.92. The molecule has 10 nitrogen and oxygen atoms in total. The summed E-state index contributed by atoms with van der Waals surface area (Å²) < 4.78 is 3.44. The number of H-pyrrole nitrogens is 1. The molecule has 2 N–H and O–H groups in total. The molecule has 1 saturated heterocycles. The Labute approximate surface area is 181 Å². The number of piperazine rings is 1. The Morgan fingerprint density at radius 2 is 2.03 bits per heavy atom. The predicted molar refractivity (Wildman–Crippen MR) is 119 cm³/mol. The molecule has 0 radical (unpaired) electrons. The number of amides is 1. The van der Waals surface area contributed by atoms with E-state index >= 15 is 0 Å². The Kier molecular flexibility index (Phi) is 4.83. The third-order valence-corrected chi connectivity index (χ3v) is 6.24. The van der Waals surface area contributed by atoms with E-state index in [1.54, 1.807) is 33.8 Å². The Balaban J connectivity index is 1.37. The van der Waals surface area contributed by atoms with Gasteiger partial charge in [-0.2, -0.15) is 5.10 Å². The fraction of sp³-hybridized carbons (Fsp3) is 0.300. The molecule has 0 atom stereocenters. The molecule has 31 heavy (non-hydrogen) atoms. The van der Waals surface area contributed by atoms with E-state index in [9.17, 15) is 9.59 Å². The summed E-state index contributed by atoms with van der Waals surface area (Å²) in [4.78, 5) is 36.9. The summed E-state index contributed by atoms with van der Waals surface area (Å²) in [5, 5.41) is 9.85. The van der Waals surface area contributed by atoms with Crippen molar-refractivity contribution in [2.75, 3.05) is 38.5 Å². The smallest absolute Gasteiger partial charge is 0.277 e. The first-order valence-corrected chi connectivity index (χ1v) is 10.8. The Hall–Kier alpha value is -3.44. The molecule has 160 valence electrons. The lowest BCUT2D eigenvalue weighted by Crippen LogP contribution is -2.47. The summed E-state index contributed by atoms with van der Waals surface area (Å²) in [6.45, 7) is 3.22. The van der Waals surface area contributed by atoms with Crippen molar-refractivity contribution in [3.05, 3.63) is 52.0 Å². The highest BCUT2D eigenvalue weighted by Gasteiger charge is 2.21. The Morgan fingerprint density at radius 1 is 1.23 bits per heavy atom. The van der Waals surface area contributed by atoms with E-state index in [0.29, 0.717) is 22.5 Å². The summed E-state index contributed by atoms with van der Waals surface area (Å²) >= 11 is 1.41. The average Bonchev–Trinajstić information content (AvgIpc) is 3.48. The summed E-state index contributed by atoms with van der Waals surface area (Å²) in [5.41, 5.74) is 2.20. The van der Waals surface area contributed by atoms with Gasteiger partial charge in [0.1, 0.15) is 5.52 Å². The number of hydrogen-bond acceptors (Lipinski definition) is 7. The first kappa shape index (κ1) is 19.5. The van der Waals surface area contributed by atoms with E-state index in [1.807, 2.05) is 23.5 Å². The lowest BCUT2D eigenvalue weighted by atomic mass is 10.2. The van der Waals surface area contributed by atoms with Crippen LogP contribution in [0.25, 0.3) is 16.7 Å². The maximum atomic E-state index is 12.8.